The summed E-state index contributed by atoms with van der Waals surface area (Å²) in [6.45, 7) is 2.01. The summed E-state index contributed by atoms with van der Waals surface area (Å²) >= 11 is 1.49. The molecule has 1 aliphatic rings. The van der Waals surface area contributed by atoms with Crippen LogP contribution in [0.5, 0.6) is 0 Å². The van der Waals surface area contributed by atoms with Crippen LogP contribution in [0.25, 0.3) is 5.82 Å². The number of rotatable bonds is 4. The summed E-state index contributed by atoms with van der Waals surface area (Å²) in [6, 6.07) is 1.79. The summed E-state index contributed by atoms with van der Waals surface area (Å²) in [4.78, 5) is 22.9. The molecule has 24 heavy (non-hydrogen) atoms. The second-order valence-corrected chi connectivity index (χ2v) is 6.35. The fraction of sp³-hybridized carbons (Fsp3) is 0.250. The Hall–Kier alpha value is -2.74. The van der Waals surface area contributed by atoms with Crippen molar-refractivity contribution < 1.29 is 4.79 Å². The fourth-order valence-corrected chi connectivity index (χ4v) is 3.41. The number of hydrogen-bond acceptors (Lipinski definition) is 6. The maximum atomic E-state index is 12.1. The predicted molar refractivity (Wildman–Crippen MR) is 92.9 cm³/mol. The SMILES string of the molecule is O=C(Nc1cnn(-c2ncncc2N2CCCC2)c1)c1ccsc1. The first-order valence-electron chi connectivity index (χ1n) is 7.75. The van der Waals surface area contributed by atoms with E-state index in [2.05, 4.69) is 25.3 Å². The van der Waals surface area contributed by atoms with E-state index in [1.54, 1.807) is 23.1 Å². The Labute approximate surface area is 143 Å². The maximum absolute atomic E-state index is 12.1. The quantitative estimate of drug-likeness (QED) is 0.790. The minimum Gasteiger partial charge on any atom is -0.367 e. The molecular weight excluding hydrogens is 324 g/mol. The van der Waals surface area contributed by atoms with Gasteiger partial charge in [0.2, 0.25) is 0 Å². The van der Waals surface area contributed by atoms with E-state index in [9.17, 15) is 4.79 Å². The first-order valence-corrected chi connectivity index (χ1v) is 8.69. The van der Waals surface area contributed by atoms with Crippen LogP contribution in [-0.2, 0) is 0 Å². The van der Waals surface area contributed by atoms with Crippen LogP contribution in [0.15, 0.2) is 41.7 Å². The molecule has 1 saturated heterocycles. The number of nitrogens with one attached hydrogen (secondary N) is 1. The first kappa shape index (κ1) is 14.8. The number of anilines is 2. The summed E-state index contributed by atoms with van der Waals surface area (Å²) in [5, 5.41) is 10.9. The van der Waals surface area contributed by atoms with Gasteiger partial charge in [-0.05, 0) is 24.3 Å². The van der Waals surface area contributed by atoms with Crippen LogP contribution in [0.2, 0.25) is 0 Å². The summed E-state index contributed by atoms with van der Waals surface area (Å²) in [6.07, 6.45) is 9.08. The lowest BCUT2D eigenvalue weighted by atomic mass is 10.3. The van der Waals surface area contributed by atoms with Gasteiger partial charge in [-0.3, -0.25) is 4.79 Å². The normalized spacial score (nSPS) is 14.1. The molecule has 3 aromatic heterocycles. The van der Waals surface area contributed by atoms with Gasteiger partial charge in [-0.25, -0.2) is 14.6 Å². The predicted octanol–water partition coefficient (Wildman–Crippen LogP) is 2.58. The number of carbonyl (C=O) groups is 1. The van der Waals surface area contributed by atoms with E-state index in [1.807, 2.05) is 17.0 Å². The monoisotopic (exact) mass is 340 g/mol. The van der Waals surface area contributed by atoms with E-state index >= 15 is 0 Å². The Morgan fingerprint density at radius 1 is 1.25 bits per heavy atom. The van der Waals surface area contributed by atoms with Crippen molar-refractivity contribution >= 4 is 28.6 Å². The standard InChI is InChI=1S/C16H16N6OS/c23-16(12-3-6-24-10-12)20-13-7-19-22(9-13)15-14(8-17-11-18-15)21-4-1-2-5-21/h3,6-11H,1-2,4-5H2,(H,20,23). The number of nitrogens with zero attached hydrogens (tertiary/aromatic N) is 5. The zero-order valence-corrected chi connectivity index (χ0v) is 13.7. The van der Waals surface area contributed by atoms with Gasteiger partial charge in [0.25, 0.3) is 5.91 Å². The highest BCUT2D eigenvalue weighted by atomic mass is 32.1. The van der Waals surface area contributed by atoms with Crippen LogP contribution < -0.4 is 10.2 Å². The molecule has 0 radical (unpaired) electrons. The molecule has 1 aliphatic heterocycles. The summed E-state index contributed by atoms with van der Waals surface area (Å²) in [7, 11) is 0. The van der Waals surface area contributed by atoms with E-state index in [0.29, 0.717) is 11.3 Å². The Morgan fingerprint density at radius 3 is 2.92 bits per heavy atom. The third kappa shape index (κ3) is 2.88. The van der Waals surface area contributed by atoms with Crippen LogP contribution in [0, 0.1) is 0 Å². The largest absolute Gasteiger partial charge is 0.367 e. The summed E-state index contributed by atoms with van der Waals surface area (Å²) in [5.74, 6) is 0.584. The van der Waals surface area contributed by atoms with Crippen molar-refractivity contribution in [2.24, 2.45) is 0 Å². The molecule has 0 bridgehead atoms. The summed E-state index contributed by atoms with van der Waals surface area (Å²) in [5.41, 5.74) is 2.25. The van der Waals surface area contributed by atoms with Gasteiger partial charge in [0.15, 0.2) is 5.82 Å². The molecule has 4 rings (SSSR count). The molecule has 3 aromatic rings. The van der Waals surface area contributed by atoms with Gasteiger partial charge in [0.1, 0.15) is 12.0 Å². The molecule has 0 spiro atoms. The highest BCUT2D eigenvalue weighted by Gasteiger charge is 2.18. The van der Waals surface area contributed by atoms with E-state index < -0.39 is 0 Å². The van der Waals surface area contributed by atoms with E-state index in [4.69, 9.17) is 0 Å². The molecule has 0 unspecified atom stereocenters. The molecule has 0 atom stereocenters. The molecule has 0 aliphatic carbocycles. The Balaban J connectivity index is 1.58. The highest BCUT2D eigenvalue weighted by Crippen LogP contribution is 2.25. The number of thiophene rings is 1. The number of hydrogen-bond donors (Lipinski definition) is 1. The lowest BCUT2D eigenvalue weighted by Gasteiger charge is -2.19. The Morgan fingerprint density at radius 2 is 2.12 bits per heavy atom. The molecule has 1 N–H and O–H groups in total. The van der Waals surface area contributed by atoms with Crippen molar-refractivity contribution in [2.75, 3.05) is 23.3 Å². The van der Waals surface area contributed by atoms with E-state index in [1.165, 1.54) is 30.5 Å². The number of aromatic nitrogens is 4. The minimum absolute atomic E-state index is 0.141. The lowest BCUT2D eigenvalue weighted by molar-refractivity contribution is 0.102. The van der Waals surface area contributed by atoms with Crippen molar-refractivity contribution in [2.45, 2.75) is 12.8 Å². The zero-order chi connectivity index (χ0) is 16.4. The average Bonchev–Trinajstić information content (AvgIpc) is 3.36. The van der Waals surface area contributed by atoms with Gasteiger partial charge in [-0.15, -0.1) is 0 Å². The second kappa shape index (κ2) is 6.40. The van der Waals surface area contributed by atoms with Gasteiger partial charge in [0, 0.05) is 18.5 Å². The van der Waals surface area contributed by atoms with Gasteiger partial charge in [0.05, 0.1) is 29.8 Å². The first-order chi connectivity index (χ1) is 11.8. The molecule has 7 nitrogen and oxygen atoms in total. The van der Waals surface area contributed by atoms with Gasteiger partial charge >= 0.3 is 0 Å². The molecular formula is C16H16N6OS. The molecule has 122 valence electrons. The Kier molecular flexibility index (Phi) is 3.96. The molecule has 8 heteroatoms. The van der Waals surface area contributed by atoms with Crippen molar-refractivity contribution in [3.05, 3.63) is 47.3 Å². The van der Waals surface area contributed by atoms with Gasteiger partial charge in [-0.2, -0.15) is 16.4 Å². The van der Waals surface area contributed by atoms with Crippen LogP contribution in [0.1, 0.15) is 23.2 Å². The Bertz CT molecular complexity index is 838. The van der Waals surface area contributed by atoms with Crippen molar-refractivity contribution in [3.8, 4) is 5.82 Å². The second-order valence-electron chi connectivity index (χ2n) is 5.57. The number of carbonyl (C=O) groups excluding carboxylic acids is 1. The number of amides is 1. The van der Waals surface area contributed by atoms with Gasteiger partial charge < -0.3 is 10.2 Å². The van der Waals surface area contributed by atoms with Crippen LogP contribution in [-0.4, -0.2) is 38.7 Å². The van der Waals surface area contributed by atoms with Crippen LogP contribution in [0.3, 0.4) is 0 Å². The molecule has 0 saturated carbocycles. The van der Waals surface area contributed by atoms with Crippen LogP contribution in [0.4, 0.5) is 11.4 Å². The zero-order valence-electron chi connectivity index (χ0n) is 12.9. The third-order valence-corrected chi connectivity index (χ3v) is 4.64. The average molecular weight is 340 g/mol. The van der Waals surface area contributed by atoms with Crippen molar-refractivity contribution in [1.82, 2.24) is 19.7 Å². The molecule has 0 aromatic carbocycles. The lowest BCUT2D eigenvalue weighted by Crippen LogP contribution is -2.20. The van der Waals surface area contributed by atoms with Crippen molar-refractivity contribution in [1.29, 1.82) is 0 Å². The highest BCUT2D eigenvalue weighted by molar-refractivity contribution is 7.08. The smallest absolute Gasteiger partial charge is 0.256 e. The summed E-state index contributed by atoms with van der Waals surface area (Å²) < 4.78 is 1.68. The van der Waals surface area contributed by atoms with E-state index in [0.717, 1.165) is 24.6 Å². The van der Waals surface area contributed by atoms with Crippen LogP contribution >= 0.6 is 11.3 Å². The minimum atomic E-state index is -0.141. The third-order valence-electron chi connectivity index (χ3n) is 3.96. The maximum Gasteiger partial charge on any atom is 0.256 e. The van der Waals surface area contributed by atoms with Crippen molar-refractivity contribution in [3.63, 3.8) is 0 Å². The van der Waals surface area contributed by atoms with Gasteiger partial charge in [-0.1, -0.05) is 0 Å². The molecule has 4 heterocycles. The van der Waals surface area contributed by atoms with E-state index in [-0.39, 0.29) is 5.91 Å². The molecule has 1 amide bonds. The molecule has 1 fully saturated rings. The topological polar surface area (TPSA) is 75.9 Å². The fourth-order valence-electron chi connectivity index (χ4n) is 2.77.